The minimum atomic E-state index is -0.888. The molecule has 0 spiro atoms. The summed E-state index contributed by atoms with van der Waals surface area (Å²) in [5, 5.41) is 23.1. The van der Waals surface area contributed by atoms with E-state index in [0.717, 1.165) is 116 Å². The molecule has 67 heavy (non-hydrogen) atoms. The van der Waals surface area contributed by atoms with Gasteiger partial charge in [0, 0.05) is 6.42 Å². The zero-order valence-corrected chi connectivity index (χ0v) is 43.1. The van der Waals surface area contributed by atoms with E-state index >= 15 is 0 Å². The number of aliphatic hydroxyl groups excluding tert-OH is 2. The molecule has 0 aliphatic rings. The highest BCUT2D eigenvalue weighted by Crippen LogP contribution is 2.13. The largest absolute Gasteiger partial charge is 0.394 e. The molecule has 3 N–H and O–H groups in total. The van der Waals surface area contributed by atoms with Gasteiger partial charge in [0.25, 0.3) is 0 Å². The molecule has 0 aliphatic carbocycles. The van der Waals surface area contributed by atoms with Crippen molar-refractivity contribution < 1.29 is 15.0 Å². The van der Waals surface area contributed by atoms with Gasteiger partial charge in [-0.2, -0.15) is 0 Å². The van der Waals surface area contributed by atoms with Gasteiger partial charge in [0.2, 0.25) is 5.91 Å². The van der Waals surface area contributed by atoms with E-state index in [1.54, 1.807) is 6.08 Å². The number of nitrogens with one attached hydrogen (secondary N) is 1. The third kappa shape index (κ3) is 52.8. The molecule has 0 fully saturated rings. The van der Waals surface area contributed by atoms with Gasteiger partial charge in [-0.05, 0) is 116 Å². The van der Waals surface area contributed by atoms with Crippen LogP contribution in [0.2, 0.25) is 0 Å². The molecule has 0 aromatic rings. The van der Waals surface area contributed by atoms with E-state index in [9.17, 15) is 15.0 Å². The number of carbonyl (C=O) groups excluding carboxylic acids is 1. The smallest absolute Gasteiger partial charge is 0.220 e. The molecule has 2 unspecified atom stereocenters. The van der Waals surface area contributed by atoms with E-state index in [4.69, 9.17) is 0 Å². The maximum atomic E-state index is 12.4. The molecule has 0 heterocycles. The summed E-state index contributed by atoms with van der Waals surface area (Å²) in [6, 6.07) is -0.669. The first-order valence-electron chi connectivity index (χ1n) is 27.2. The molecule has 376 valence electrons. The van der Waals surface area contributed by atoms with Gasteiger partial charge in [-0.15, -0.1) is 0 Å². The van der Waals surface area contributed by atoms with Crippen molar-refractivity contribution in [2.24, 2.45) is 0 Å². The van der Waals surface area contributed by atoms with Crippen LogP contribution < -0.4 is 5.32 Å². The molecule has 2 atom stereocenters. The van der Waals surface area contributed by atoms with Gasteiger partial charge in [-0.25, -0.2) is 0 Å². The van der Waals surface area contributed by atoms with Gasteiger partial charge in [0.15, 0.2) is 0 Å². The molecule has 4 heteroatoms. The lowest BCUT2D eigenvalue weighted by Gasteiger charge is -2.19. The molecule has 0 aromatic carbocycles. The number of carbonyl (C=O) groups is 1. The quantitative estimate of drug-likeness (QED) is 0.0421. The van der Waals surface area contributed by atoms with Crippen LogP contribution in [0.15, 0.2) is 158 Å². The molecule has 0 saturated carbocycles. The van der Waals surface area contributed by atoms with E-state index in [0.29, 0.717) is 6.42 Å². The van der Waals surface area contributed by atoms with Crippen LogP contribution in [0.5, 0.6) is 0 Å². The Labute approximate surface area is 414 Å². The van der Waals surface area contributed by atoms with Crippen molar-refractivity contribution in [3.63, 3.8) is 0 Å². The Kier molecular flexibility index (Phi) is 53.0. The highest BCUT2D eigenvalue weighted by atomic mass is 16.3. The van der Waals surface area contributed by atoms with E-state index in [2.05, 4.69) is 165 Å². The second-order valence-corrected chi connectivity index (χ2v) is 17.6. The predicted octanol–water partition coefficient (Wildman–Crippen LogP) is 18.2. The molecule has 0 saturated heterocycles. The molecule has 0 aromatic heterocycles. The summed E-state index contributed by atoms with van der Waals surface area (Å²) < 4.78 is 0. The molecular weight excluding hydrogens is 819 g/mol. The van der Waals surface area contributed by atoms with Crippen molar-refractivity contribution in [2.75, 3.05) is 6.61 Å². The van der Waals surface area contributed by atoms with Gasteiger partial charge < -0.3 is 15.5 Å². The Balaban J connectivity index is 3.75. The van der Waals surface area contributed by atoms with Gasteiger partial charge in [-0.1, -0.05) is 249 Å². The van der Waals surface area contributed by atoms with Crippen LogP contribution in [0.3, 0.4) is 0 Å². The van der Waals surface area contributed by atoms with Crippen LogP contribution in [0, 0.1) is 0 Å². The van der Waals surface area contributed by atoms with Crippen molar-refractivity contribution in [1.82, 2.24) is 5.32 Å². The first kappa shape index (κ1) is 63.0. The van der Waals surface area contributed by atoms with Crippen LogP contribution >= 0.6 is 0 Å². The van der Waals surface area contributed by atoms with E-state index in [-0.39, 0.29) is 12.5 Å². The second kappa shape index (κ2) is 56.3. The van der Waals surface area contributed by atoms with E-state index in [1.165, 1.54) is 77.0 Å². The second-order valence-electron chi connectivity index (χ2n) is 17.6. The molecule has 0 bridgehead atoms. The first-order chi connectivity index (χ1) is 33.2. The molecular formula is C63H101NO3. The fourth-order valence-electron chi connectivity index (χ4n) is 7.14. The zero-order valence-electron chi connectivity index (χ0n) is 43.1. The topological polar surface area (TPSA) is 69.6 Å². The molecule has 0 radical (unpaired) electrons. The third-order valence-electron chi connectivity index (χ3n) is 11.2. The third-order valence-corrected chi connectivity index (χ3v) is 11.2. The Bertz CT molecular complexity index is 1460. The van der Waals surface area contributed by atoms with Crippen LogP contribution in [0.1, 0.15) is 213 Å². The summed E-state index contributed by atoms with van der Waals surface area (Å²) in [7, 11) is 0. The minimum Gasteiger partial charge on any atom is -0.394 e. The number of unbranched alkanes of at least 4 members (excludes halogenated alkanes) is 16. The maximum Gasteiger partial charge on any atom is 0.220 e. The SMILES string of the molecule is CC/C=C\C/C=C\C/C=C\C/C=C\C/C=C\C/C=C\C/C=C\C/C=C\C/C=C\C/C=C\C/C=C\CCCCCC(=O)NC(CO)C(O)/C=C/CC/C=C/CCCCCCCCCCCCCC. The maximum absolute atomic E-state index is 12.4. The number of amides is 1. The zero-order chi connectivity index (χ0) is 48.5. The lowest BCUT2D eigenvalue weighted by molar-refractivity contribution is -0.123. The Morgan fingerprint density at radius 3 is 1.04 bits per heavy atom. The predicted molar refractivity (Wildman–Crippen MR) is 298 cm³/mol. The van der Waals surface area contributed by atoms with Gasteiger partial charge in [0.05, 0.1) is 18.8 Å². The lowest BCUT2D eigenvalue weighted by atomic mass is 10.0. The summed E-state index contributed by atoms with van der Waals surface area (Å²) in [6.45, 7) is 4.16. The summed E-state index contributed by atoms with van der Waals surface area (Å²) in [5.41, 5.74) is 0. The van der Waals surface area contributed by atoms with Crippen molar-refractivity contribution in [3.8, 4) is 0 Å². The molecule has 4 nitrogen and oxygen atoms in total. The van der Waals surface area contributed by atoms with Crippen molar-refractivity contribution in [2.45, 2.75) is 225 Å². The summed E-state index contributed by atoms with van der Waals surface area (Å²) in [4.78, 5) is 12.4. The lowest BCUT2D eigenvalue weighted by Crippen LogP contribution is -2.45. The highest BCUT2D eigenvalue weighted by molar-refractivity contribution is 5.76. The van der Waals surface area contributed by atoms with Crippen LogP contribution in [-0.2, 0) is 4.79 Å². The van der Waals surface area contributed by atoms with Crippen molar-refractivity contribution in [1.29, 1.82) is 0 Å². The van der Waals surface area contributed by atoms with E-state index < -0.39 is 12.1 Å². The van der Waals surface area contributed by atoms with Crippen LogP contribution in [-0.4, -0.2) is 34.9 Å². The highest BCUT2D eigenvalue weighted by Gasteiger charge is 2.17. The van der Waals surface area contributed by atoms with Crippen molar-refractivity contribution in [3.05, 3.63) is 158 Å². The Morgan fingerprint density at radius 1 is 0.373 bits per heavy atom. The van der Waals surface area contributed by atoms with Gasteiger partial charge >= 0.3 is 0 Å². The van der Waals surface area contributed by atoms with Gasteiger partial charge in [0.1, 0.15) is 0 Å². The number of allylic oxidation sites excluding steroid dienone is 25. The van der Waals surface area contributed by atoms with Crippen LogP contribution in [0.4, 0.5) is 0 Å². The average molecular weight is 921 g/mol. The minimum absolute atomic E-state index is 0.112. The summed E-state index contributed by atoms with van der Waals surface area (Å²) >= 11 is 0. The Morgan fingerprint density at radius 2 is 0.672 bits per heavy atom. The Hall–Kier alpha value is -3.99. The standard InChI is InChI=1S/C63H101NO3/c1-3-5-7-9-11-13-15-17-19-21-23-24-25-26-27-28-29-30-31-32-33-34-35-36-37-38-39-40-41-43-45-47-49-51-53-55-57-59-63(67)64-61(60-65)62(66)58-56-54-52-50-48-46-44-42-22-20-18-16-14-12-10-8-6-4-2/h5,7,11,13,17,19,23-24,26-27,29-30,32-33,35-36,38-39,41,43,47-50,56,58,61-62,65-66H,3-4,6,8-10,12,14-16,18,20-22,25,28,31,34,37,40,42,44-46,51-55,57,59-60H2,1-2H3,(H,64,67)/b7-5-,13-11-,19-17-,24-23-,27-26-,30-29-,33-32-,36-35-,39-38-,43-41-,49-47-,50-48+,58-56+. The molecule has 0 rings (SSSR count). The molecule has 0 aliphatic heterocycles. The van der Waals surface area contributed by atoms with Gasteiger partial charge in [-0.3, -0.25) is 4.79 Å². The number of hydrogen-bond acceptors (Lipinski definition) is 3. The fourth-order valence-corrected chi connectivity index (χ4v) is 7.14. The summed E-state index contributed by atoms with van der Waals surface area (Å²) in [6.07, 6.45) is 91.0. The average Bonchev–Trinajstić information content (AvgIpc) is 3.33. The van der Waals surface area contributed by atoms with E-state index in [1.807, 2.05) is 6.08 Å². The molecule has 1 amide bonds. The number of hydrogen-bond donors (Lipinski definition) is 3. The number of aliphatic hydroxyl groups is 2. The normalized spacial score (nSPS) is 14.1. The van der Waals surface area contributed by atoms with Crippen molar-refractivity contribution >= 4 is 5.91 Å². The first-order valence-corrected chi connectivity index (χ1v) is 27.2. The monoisotopic (exact) mass is 920 g/mol. The number of rotatable bonds is 47. The fraction of sp³-hybridized carbons (Fsp3) is 0.571. The summed E-state index contributed by atoms with van der Waals surface area (Å²) in [5.74, 6) is -0.112. The van der Waals surface area contributed by atoms with Crippen LogP contribution in [0.25, 0.3) is 0 Å².